The third kappa shape index (κ3) is 4.88. The summed E-state index contributed by atoms with van der Waals surface area (Å²) < 4.78 is 0. The van der Waals surface area contributed by atoms with Crippen LogP contribution in [0.1, 0.15) is 13.8 Å². The molecule has 0 heterocycles. The lowest BCUT2D eigenvalue weighted by Crippen LogP contribution is -1.71. The van der Waals surface area contributed by atoms with E-state index in [0.717, 1.165) is 5.57 Å². The van der Waals surface area contributed by atoms with Crippen molar-refractivity contribution in [3.05, 3.63) is 36.1 Å². The lowest BCUT2D eigenvalue weighted by atomic mass is 10.2. The van der Waals surface area contributed by atoms with Crippen molar-refractivity contribution in [3.8, 4) is 0 Å². The van der Waals surface area contributed by atoms with E-state index in [4.69, 9.17) is 5.11 Å². The third-order valence-electron chi connectivity index (χ3n) is 0.824. The first-order chi connectivity index (χ1) is 4.16. The van der Waals surface area contributed by atoms with Crippen LogP contribution in [0.3, 0.4) is 0 Å². The number of hydrogen-bond acceptors (Lipinski definition) is 1. The molecule has 1 N–H and O–H groups in total. The quantitative estimate of drug-likeness (QED) is 0.443. The van der Waals surface area contributed by atoms with Gasteiger partial charge in [-0.05, 0) is 25.5 Å². The van der Waals surface area contributed by atoms with Crippen molar-refractivity contribution in [2.45, 2.75) is 13.8 Å². The van der Waals surface area contributed by atoms with Crippen LogP contribution in [-0.4, -0.2) is 5.11 Å². The van der Waals surface area contributed by atoms with E-state index in [9.17, 15) is 0 Å². The molecule has 0 fully saturated rings. The van der Waals surface area contributed by atoms with Crippen LogP contribution in [0.2, 0.25) is 0 Å². The number of aliphatic hydroxyl groups excluding tert-OH is 1. The normalized spacial score (nSPS) is 12.4. The summed E-state index contributed by atoms with van der Waals surface area (Å²) in [7, 11) is 0. The molecule has 0 atom stereocenters. The van der Waals surface area contributed by atoms with E-state index in [-0.39, 0.29) is 5.76 Å². The summed E-state index contributed by atoms with van der Waals surface area (Å²) in [5.41, 5.74) is 1.00. The van der Waals surface area contributed by atoms with Crippen LogP contribution >= 0.6 is 0 Å². The maximum absolute atomic E-state index is 8.64. The Labute approximate surface area is 56.0 Å². The molecule has 1 nitrogen and oxygen atoms in total. The summed E-state index contributed by atoms with van der Waals surface area (Å²) in [5.74, 6) is 0.102. The van der Waals surface area contributed by atoms with E-state index < -0.39 is 0 Å². The number of aliphatic hydroxyl groups is 1. The zero-order chi connectivity index (χ0) is 7.28. The molecule has 0 aliphatic heterocycles. The van der Waals surface area contributed by atoms with Crippen LogP contribution in [0, 0.1) is 0 Å². The lowest BCUT2D eigenvalue weighted by Gasteiger charge is -1.88. The van der Waals surface area contributed by atoms with Crippen LogP contribution in [0.5, 0.6) is 0 Å². The molecule has 0 saturated carbocycles. The van der Waals surface area contributed by atoms with Crippen molar-refractivity contribution in [1.82, 2.24) is 0 Å². The molecule has 0 rings (SSSR count). The molecular weight excluding hydrogens is 112 g/mol. The molecule has 0 spiro atoms. The maximum atomic E-state index is 8.64. The molecule has 0 aromatic heterocycles. The third-order valence-corrected chi connectivity index (χ3v) is 0.824. The molecule has 0 unspecified atom stereocenters. The molecular formula is C8H12O. The minimum absolute atomic E-state index is 0.102. The van der Waals surface area contributed by atoms with Crippen molar-refractivity contribution in [3.63, 3.8) is 0 Å². The zero-order valence-electron chi connectivity index (χ0n) is 5.89. The molecule has 50 valence electrons. The number of hydrogen-bond donors (Lipinski definition) is 1. The Morgan fingerprint density at radius 2 is 2.11 bits per heavy atom. The van der Waals surface area contributed by atoms with Gasteiger partial charge in [0.1, 0.15) is 5.76 Å². The molecule has 0 aliphatic carbocycles. The predicted molar refractivity (Wildman–Crippen MR) is 40.3 cm³/mol. The highest BCUT2D eigenvalue weighted by Gasteiger charge is 1.80. The van der Waals surface area contributed by atoms with Gasteiger partial charge < -0.3 is 5.11 Å². The minimum Gasteiger partial charge on any atom is -0.509 e. The maximum Gasteiger partial charge on any atom is 0.108 e. The fraction of sp³-hybridized carbons (Fsp3) is 0.250. The fourth-order valence-corrected chi connectivity index (χ4v) is 0.574. The molecule has 0 saturated heterocycles. The van der Waals surface area contributed by atoms with Gasteiger partial charge in [0.15, 0.2) is 0 Å². The first kappa shape index (κ1) is 8.02. The Hall–Kier alpha value is -0.980. The van der Waals surface area contributed by atoms with E-state index in [0.29, 0.717) is 0 Å². The summed E-state index contributed by atoms with van der Waals surface area (Å²) >= 11 is 0. The SMILES string of the molecule is C=C(O)/C=C(C)/C=C/C. The van der Waals surface area contributed by atoms with Crippen molar-refractivity contribution in [2.75, 3.05) is 0 Å². The first-order valence-corrected chi connectivity index (χ1v) is 2.85. The topological polar surface area (TPSA) is 20.2 Å². The van der Waals surface area contributed by atoms with Crippen LogP contribution < -0.4 is 0 Å². The van der Waals surface area contributed by atoms with Gasteiger partial charge >= 0.3 is 0 Å². The van der Waals surface area contributed by atoms with Crippen LogP contribution in [0.4, 0.5) is 0 Å². The van der Waals surface area contributed by atoms with Gasteiger partial charge in [-0.3, -0.25) is 0 Å². The molecule has 0 aromatic rings. The molecule has 0 aromatic carbocycles. The highest BCUT2D eigenvalue weighted by Crippen LogP contribution is 1.97. The fourth-order valence-electron chi connectivity index (χ4n) is 0.574. The highest BCUT2D eigenvalue weighted by molar-refractivity contribution is 5.22. The first-order valence-electron chi connectivity index (χ1n) is 2.85. The summed E-state index contributed by atoms with van der Waals surface area (Å²) in [4.78, 5) is 0. The van der Waals surface area contributed by atoms with E-state index in [1.807, 2.05) is 26.0 Å². The molecule has 9 heavy (non-hydrogen) atoms. The lowest BCUT2D eigenvalue weighted by molar-refractivity contribution is 0.435. The summed E-state index contributed by atoms with van der Waals surface area (Å²) in [6.45, 7) is 7.15. The Kier molecular flexibility index (Phi) is 3.52. The Bertz CT molecular complexity index is 152. The van der Waals surface area contributed by atoms with Crippen LogP contribution in [0.25, 0.3) is 0 Å². The highest BCUT2D eigenvalue weighted by atomic mass is 16.3. The Morgan fingerprint density at radius 3 is 2.44 bits per heavy atom. The Balaban J connectivity index is 4.00. The monoisotopic (exact) mass is 124 g/mol. The molecule has 1 heteroatoms. The van der Waals surface area contributed by atoms with E-state index in [2.05, 4.69) is 6.58 Å². The second kappa shape index (κ2) is 3.96. The van der Waals surface area contributed by atoms with Crippen molar-refractivity contribution in [2.24, 2.45) is 0 Å². The summed E-state index contributed by atoms with van der Waals surface area (Å²) in [6.07, 6.45) is 5.43. The van der Waals surface area contributed by atoms with Gasteiger partial charge in [0.25, 0.3) is 0 Å². The smallest absolute Gasteiger partial charge is 0.108 e. The predicted octanol–water partition coefficient (Wildman–Crippen LogP) is 2.58. The number of allylic oxidation sites excluding steroid dienone is 4. The standard InChI is InChI=1S/C8H12O/c1-4-5-7(2)6-8(3)9/h4-6,9H,3H2,1-2H3/b5-4+,7-6+. The van der Waals surface area contributed by atoms with Gasteiger partial charge in [0.2, 0.25) is 0 Å². The second-order valence-corrected chi connectivity index (χ2v) is 1.88. The number of rotatable bonds is 2. The van der Waals surface area contributed by atoms with Crippen LogP contribution in [-0.2, 0) is 0 Å². The van der Waals surface area contributed by atoms with Crippen molar-refractivity contribution in [1.29, 1.82) is 0 Å². The zero-order valence-corrected chi connectivity index (χ0v) is 5.89. The van der Waals surface area contributed by atoms with Gasteiger partial charge in [-0.2, -0.15) is 0 Å². The van der Waals surface area contributed by atoms with Gasteiger partial charge in [-0.1, -0.05) is 18.7 Å². The van der Waals surface area contributed by atoms with Gasteiger partial charge in [0, 0.05) is 0 Å². The second-order valence-electron chi connectivity index (χ2n) is 1.88. The summed E-state index contributed by atoms with van der Waals surface area (Å²) in [6, 6.07) is 0. The van der Waals surface area contributed by atoms with Crippen LogP contribution in [0.15, 0.2) is 36.1 Å². The summed E-state index contributed by atoms with van der Waals surface area (Å²) in [5, 5.41) is 8.64. The average molecular weight is 124 g/mol. The Morgan fingerprint density at radius 1 is 1.56 bits per heavy atom. The van der Waals surface area contributed by atoms with Crippen molar-refractivity contribution >= 4 is 0 Å². The molecule has 0 amide bonds. The van der Waals surface area contributed by atoms with E-state index in [1.54, 1.807) is 6.08 Å². The molecule has 0 aliphatic rings. The minimum atomic E-state index is 0.102. The largest absolute Gasteiger partial charge is 0.509 e. The molecule has 0 bridgehead atoms. The van der Waals surface area contributed by atoms with Crippen molar-refractivity contribution < 1.29 is 5.11 Å². The van der Waals surface area contributed by atoms with Gasteiger partial charge in [0.05, 0.1) is 0 Å². The van der Waals surface area contributed by atoms with E-state index >= 15 is 0 Å². The van der Waals surface area contributed by atoms with E-state index in [1.165, 1.54) is 0 Å². The average Bonchev–Trinajstić information content (AvgIpc) is 1.63. The molecule has 0 radical (unpaired) electrons. The van der Waals surface area contributed by atoms with Gasteiger partial charge in [-0.15, -0.1) is 0 Å². The van der Waals surface area contributed by atoms with Gasteiger partial charge in [-0.25, -0.2) is 0 Å².